The summed E-state index contributed by atoms with van der Waals surface area (Å²) < 4.78 is 0. The fourth-order valence-corrected chi connectivity index (χ4v) is 5.71. The molecule has 4 atom stereocenters. The number of unbranched alkanes of at least 4 members (excludes halogenated alkanes) is 6. The Morgan fingerprint density at radius 2 is 1.15 bits per heavy atom. The number of hydrogen-bond donors (Lipinski definition) is 0. The van der Waals surface area contributed by atoms with Crippen LogP contribution in [-0.2, 0) is 4.79 Å². The highest BCUT2D eigenvalue weighted by Gasteiger charge is 2.22. The Hall–Kier alpha value is -0.330. The highest BCUT2D eigenvalue weighted by atomic mass is 16.1. The van der Waals surface area contributed by atoms with Crippen LogP contribution in [0.5, 0.6) is 0 Å². The van der Waals surface area contributed by atoms with Gasteiger partial charge in [0.1, 0.15) is 6.29 Å². The van der Waals surface area contributed by atoms with Crippen LogP contribution in [0.15, 0.2) is 0 Å². The molecule has 2 fully saturated rings. The lowest BCUT2D eigenvalue weighted by molar-refractivity contribution is -0.112. The molecule has 0 N–H and O–H groups in total. The van der Waals surface area contributed by atoms with E-state index in [-0.39, 0.29) is 0 Å². The van der Waals surface area contributed by atoms with Crippen molar-refractivity contribution in [2.45, 2.75) is 129 Å². The Labute approximate surface area is 164 Å². The van der Waals surface area contributed by atoms with E-state index in [1.807, 2.05) is 0 Å². The first-order valence-corrected chi connectivity index (χ1v) is 12.3. The van der Waals surface area contributed by atoms with Gasteiger partial charge in [0.25, 0.3) is 0 Å². The second-order valence-corrected chi connectivity index (χ2v) is 9.67. The van der Waals surface area contributed by atoms with E-state index < -0.39 is 0 Å². The van der Waals surface area contributed by atoms with Crippen molar-refractivity contribution < 1.29 is 4.79 Å². The van der Waals surface area contributed by atoms with Crippen molar-refractivity contribution in [2.24, 2.45) is 23.7 Å². The summed E-state index contributed by atoms with van der Waals surface area (Å²) in [5.74, 6) is 3.36. The minimum Gasteiger partial charge on any atom is -0.303 e. The first-order chi connectivity index (χ1) is 12.8. The first-order valence-electron chi connectivity index (χ1n) is 12.3. The summed E-state index contributed by atoms with van der Waals surface area (Å²) in [4.78, 5) is 11.0. The summed E-state index contributed by atoms with van der Waals surface area (Å²) in [6, 6.07) is 0. The highest BCUT2D eigenvalue weighted by Crippen LogP contribution is 2.35. The summed E-state index contributed by atoms with van der Waals surface area (Å²) >= 11 is 0. The monoisotopic (exact) mass is 362 g/mol. The zero-order chi connectivity index (χ0) is 18.5. The minimum absolute atomic E-state index is 0.384. The van der Waals surface area contributed by atoms with Gasteiger partial charge in [-0.25, -0.2) is 0 Å². The predicted octanol–water partition coefficient (Wildman–Crippen LogP) is 8.11. The summed E-state index contributed by atoms with van der Waals surface area (Å²) in [6.45, 7) is 2.33. The Morgan fingerprint density at radius 1 is 0.654 bits per heavy atom. The minimum atomic E-state index is 0.384. The lowest BCUT2D eigenvalue weighted by Crippen LogP contribution is -2.16. The van der Waals surface area contributed by atoms with Crippen LogP contribution in [0, 0.1) is 23.7 Å². The standard InChI is InChI=1S/C25H46O/c1-2-3-12-22-15-10-16-23(19-22)13-8-6-4-5-7-9-14-24-17-11-18-25(20-24)21-26/h21-25H,2-20H2,1H3. The molecule has 0 radical (unpaired) electrons. The number of carbonyl (C=O) groups excluding carboxylic acids is 1. The van der Waals surface area contributed by atoms with Crippen LogP contribution in [0.1, 0.15) is 129 Å². The molecular formula is C25H46O. The highest BCUT2D eigenvalue weighted by molar-refractivity contribution is 5.53. The molecular weight excluding hydrogens is 316 g/mol. The zero-order valence-corrected chi connectivity index (χ0v) is 17.7. The molecule has 152 valence electrons. The molecule has 1 heteroatoms. The molecule has 2 aliphatic rings. The van der Waals surface area contributed by atoms with E-state index in [9.17, 15) is 4.79 Å². The van der Waals surface area contributed by atoms with Gasteiger partial charge < -0.3 is 4.79 Å². The van der Waals surface area contributed by atoms with Crippen LogP contribution >= 0.6 is 0 Å². The molecule has 0 aromatic heterocycles. The van der Waals surface area contributed by atoms with Crippen molar-refractivity contribution in [3.05, 3.63) is 0 Å². The van der Waals surface area contributed by atoms with Crippen LogP contribution in [0.2, 0.25) is 0 Å². The topological polar surface area (TPSA) is 17.1 Å². The van der Waals surface area contributed by atoms with E-state index >= 15 is 0 Å². The second kappa shape index (κ2) is 13.8. The average Bonchev–Trinajstić information content (AvgIpc) is 2.69. The summed E-state index contributed by atoms with van der Waals surface area (Å²) in [5, 5.41) is 0. The molecule has 0 aromatic carbocycles. The quantitative estimate of drug-likeness (QED) is 0.239. The predicted molar refractivity (Wildman–Crippen MR) is 113 cm³/mol. The van der Waals surface area contributed by atoms with Gasteiger partial charge in [0, 0.05) is 5.92 Å². The third kappa shape index (κ3) is 9.05. The van der Waals surface area contributed by atoms with Gasteiger partial charge in [-0.2, -0.15) is 0 Å². The third-order valence-electron chi connectivity index (χ3n) is 7.35. The summed E-state index contributed by atoms with van der Waals surface area (Å²) in [7, 11) is 0. The zero-order valence-electron chi connectivity index (χ0n) is 17.7. The van der Waals surface area contributed by atoms with Gasteiger partial charge in [0.05, 0.1) is 0 Å². The third-order valence-corrected chi connectivity index (χ3v) is 7.35. The lowest BCUT2D eigenvalue weighted by Gasteiger charge is -2.29. The van der Waals surface area contributed by atoms with Gasteiger partial charge in [-0.05, 0) is 37.0 Å². The molecule has 0 aliphatic heterocycles. The normalized spacial score (nSPS) is 29.6. The number of carbonyl (C=O) groups is 1. The largest absolute Gasteiger partial charge is 0.303 e. The molecule has 0 saturated heterocycles. The van der Waals surface area contributed by atoms with Gasteiger partial charge >= 0.3 is 0 Å². The summed E-state index contributed by atoms with van der Waals surface area (Å²) in [5.41, 5.74) is 0. The molecule has 4 unspecified atom stereocenters. The number of hydrogen-bond acceptors (Lipinski definition) is 1. The van der Waals surface area contributed by atoms with Gasteiger partial charge in [0.15, 0.2) is 0 Å². The van der Waals surface area contributed by atoms with Crippen LogP contribution in [0.25, 0.3) is 0 Å². The van der Waals surface area contributed by atoms with Gasteiger partial charge in [0.2, 0.25) is 0 Å². The SMILES string of the molecule is CCCCC1CCCC(CCCCCCCCC2CCCC(C=O)C2)C1. The average molecular weight is 363 g/mol. The van der Waals surface area contributed by atoms with Gasteiger partial charge in [-0.3, -0.25) is 0 Å². The summed E-state index contributed by atoms with van der Waals surface area (Å²) in [6.07, 6.45) is 28.2. The van der Waals surface area contributed by atoms with Crippen LogP contribution < -0.4 is 0 Å². The number of rotatable bonds is 13. The molecule has 0 bridgehead atoms. The van der Waals surface area contributed by atoms with E-state index in [4.69, 9.17) is 0 Å². The van der Waals surface area contributed by atoms with E-state index in [2.05, 4.69) is 6.92 Å². The fraction of sp³-hybridized carbons (Fsp3) is 0.960. The maximum Gasteiger partial charge on any atom is 0.123 e. The first kappa shape index (κ1) is 22.0. The molecule has 0 spiro atoms. The van der Waals surface area contributed by atoms with Crippen molar-refractivity contribution in [1.82, 2.24) is 0 Å². The van der Waals surface area contributed by atoms with E-state index in [0.29, 0.717) is 5.92 Å². The molecule has 26 heavy (non-hydrogen) atoms. The Morgan fingerprint density at radius 3 is 1.73 bits per heavy atom. The molecule has 2 rings (SSSR count). The molecule has 0 aromatic rings. The molecule has 2 saturated carbocycles. The number of aldehydes is 1. The lowest BCUT2D eigenvalue weighted by atomic mass is 9.77. The van der Waals surface area contributed by atoms with Gasteiger partial charge in [-0.15, -0.1) is 0 Å². The van der Waals surface area contributed by atoms with E-state index in [1.165, 1.54) is 115 Å². The fourth-order valence-electron chi connectivity index (χ4n) is 5.71. The maximum atomic E-state index is 11.0. The van der Waals surface area contributed by atoms with Crippen molar-refractivity contribution in [3.63, 3.8) is 0 Å². The van der Waals surface area contributed by atoms with E-state index in [1.54, 1.807) is 6.42 Å². The molecule has 0 amide bonds. The smallest absolute Gasteiger partial charge is 0.123 e. The van der Waals surface area contributed by atoms with Crippen LogP contribution in [-0.4, -0.2) is 6.29 Å². The maximum absolute atomic E-state index is 11.0. The molecule has 1 nitrogen and oxygen atoms in total. The van der Waals surface area contributed by atoms with Crippen molar-refractivity contribution in [2.75, 3.05) is 0 Å². The molecule has 0 heterocycles. The van der Waals surface area contributed by atoms with Crippen LogP contribution in [0.3, 0.4) is 0 Å². The Kier molecular flexibility index (Phi) is 11.6. The molecule has 2 aliphatic carbocycles. The second-order valence-electron chi connectivity index (χ2n) is 9.67. The van der Waals surface area contributed by atoms with Gasteiger partial charge in [-0.1, -0.05) is 110 Å². The van der Waals surface area contributed by atoms with Crippen molar-refractivity contribution in [1.29, 1.82) is 0 Å². The Bertz CT molecular complexity index is 350. The Balaban J connectivity index is 1.40. The van der Waals surface area contributed by atoms with Crippen molar-refractivity contribution >= 4 is 6.29 Å². The van der Waals surface area contributed by atoms with E-state index in [0.717, 1.165) is 24.2 Å². The van der Waals surface area contributed by atoms with Crippen molar-refractivity contribution in [3.8, 4) is 0 Å². The van der Waals surface area contributed by atoms with Crippen LogP contribution in [0.4, 0.5) is 0 Å².